The molecule has 2 N–H and O–H groups in total. The zero-order valence-corrected chi connectivity index (χ0v) is 9.52. The van der Waals surface area contributed by atoms with Crippen LogP contribution in [0.3, 0.4) is 0 Å². The van der Waals surface area contributed by atoms with E-state index in [0.29, 0.717) is 5.95 Å². The van der Waals surface area contributed by atoms with E-state index >= 15 is 0 Å². The van der Waals surface area contributed by atoms with Gasteiger partial charge in [-0.3, -0.25) is 4.68 Å². The fourth-order valence-electron chi connectivity index (χ4n) is 1.29. The first kappa shape index (κ1) is 10.4. The maximum absolute atomic E-state index is 4.31. The standard InChI is InChI=1S/C10H14N6/c1-7-6-12-10(11-2)14-9(7)13-8-4-5-16(3)15-8/h4-6H,1-3H3,(H2,11,12,13,14,15). The number of nitrogens with one attached hydrogen (secondary N) is 2. The number of anilines is 3. The van der Waals surface area contributed by atoms with Crippen molar-refractivity contribution < 1.29 is 0 Å². The molecule has 0 aliphatic heterocycles. The molecule has 0 atom stereocenters. The number of aryl methyl sites for hydroxylation is 2. The molecule has 0 amide bonds. The summed E-state index contributed by atoms with van der Waals surface area (Å²) in [5.41, 5.74) is 0.977. The first-order valence-electron chi connectivity index (χ1n) is 4.97. The minimum Gasteiger partial charge on any atom is -0.357 e. The lowest BCUT2D eigenvalue weighted by Gasteiger charge is -2.07. The minimum absolute atomic E-state index is 0.587. The van der Waals surface area contributed by atoms with Crippen LogP contribution in [0, 0.1) is 6.92 Å². The van der Waals surface area contributed by atoms with Gasteiger partial charge in [0.2, 0.25) is 5.95 Å². The molecule has 2 rings (SSSR count). The Morgan fingerprint density at radius 3 is 2.81 bits per heavy atom. The zero-order valence-electron chi connectivity index (χ0n) is 9.52. The monoisotopic (exact) mass is 218 g/mol. The molecule has 0 saturated heterocycles. The average Bonchev–Trinajstić information content (AvgIpc) is 2.67. The van der Waals surface area contributed by atoms with Crippen molar-refractivity contribution in [3.05, 3.63) is 24.0 Å². The van der Waals surface area contributed by atoms with Crippen LogP contribution in [0.5, 0.6) is 0 Å². The minimum atomic E-state index is 0.587. The Bertz CT molecular complexity index is 490. The molecule has 0 unspecified atom stereocenters. The van der Waals surface area contributed by atoms with Gasteiger partial charge in [-0.15, -0.1) is 0 Å². The topological polar surface area (TPSA) is 67.7 Å². The van der Waals surface area contributed by atoms with Crippen molar-refractivity contribution in [1.82, 2.24) is 19.7 Å². The summed E-state index contributed by atoms with van der Waals surface area (Å²) < 4.78 is 1.73. The van der Waals surface area contributed by atoms with Gasteiger partial charge in [-0.2, -0.15) is 10.1 Å². The van der Waals surface area contributed by atoms with Crippen molar-refractivity contribution in [2.24, 2.45) is 7.05 Å². The summed E-state index contributed by atoms with van der Waals surface area (Å²) in [5, 5.41) is 10.3. The SMILES string of the molecule is CNc1ncc(C)c(Nc2ccn(C)n2)n1. The molecule has 2 aromatic rings. The summed E-state index contributed by atoms with van der Waals surface area (Å²) in [6.07, 6.45) is 3.64. The van der Waals surface area contributed by atoms with Gasteiger partial charge < -0.3 is 10.6 Å². The van der Waals surface area contributed by atoms with Crippen molar-refractivity contribution in [3.63, 3.8) is 0 Å². The van der Waals surface area contributed by atoms with Crippen LogP contribution in [0.1, 0.15) is 5.56 Å². The molecule has 0 fully saturated rings. The Balaban J connectivity index is 2.26. The van der Waals surface area contributed by atoms with E-state index in [-0.39, 0.29) is 0 Å². The molecule has 6 nitrogen and oxygen atoms in total. The third kappa shape index (κ3) is 2.10. The number of aromatic nitrogens is 4. The highest BCUT2D eigenvalue weighted by Crippen LogP contribution is 2.16. The van der Waals surface area contributed by atoms with E-state index < -0.39 is 0 Å². The molecule has 2 heterocycles. The molecule has 0 aliphatic carbocycles. The van der Waals surface area contributed by atoms with E-state index in [2.05, 4.69) is 25.7 Å². The van der Waals surface area contributed by atoms with Crippen molar-refractivity contribution >= 4 is 17.6 Å². The fourth-order valence-corrected chi connectivity index (χ4v) is 1.29. The van der Waals surface area contributed by atoms with Crippen LogP contribution in [-0.4, -0.2) is 26.8 Å². The molecular formula is C10H14N6. The molecule has 0 bridgehead atoms. The molecule has 0 radical (unpaired) electrons. The smallest absolute Gasteiger partial charge is 0.224 e. The molecule has 0 aromatic carbocycles. The maximum Gasteiger partial charge on any atom is 0.224 e. The van der Waals surface area contributed by atoms with Crippen molar-refractivity contribution in [3.8, 4) is 0 Å². The summed E-state index contributed by atoms with van der Waals surface area (Å²) in [6.45, 7) is 1.95. The molecule has 2 aromatic heterocycles. The van der Waals surface area contributed by atoms with Gasteiger partial charge in [-0.1, -0.05) is 0 Å². The van der Waals surface area contributed by atoms with Gasteiger partial charge in [0.05, 0.1) is 0 Å². The second kappa shape index (κ2) is 4.18. The number of hydrogen-bond donors (Lipinski definition) is 2. The predicted octanol–water partition coefficient (Wildman–Crippen LogP) is 1.30. The van der Waals surface area contributed by atoms with Crippen LogP contribution in [0.15, 0.2) is 18.5 Å². The third-order valence-electron chi connectivity index (χ3n) is 2.16. The van der Waals surface area contributed by atoms with Crippen LogP contribution >= 0.6 is 0 Å². The van der Waals surface area contributed by atoms with Crippen LogP contribution in [0.2, 0.25) is 0 Å². The Hall–Kier alpha value is -2.11. The normalized spacial score (nSPS) is 10.2. The molecular weight excluding hydrogens is 204 g/mol. The van der Waals surface area contributed by atoms with Gasteiger partial charge in [-0.05, 0) is 6.92 Å². The lowest BCUT2D eigenvalue weighted by Crippen LogP contribution is -2.03. The summed E-state index contributed by atoms with van der Waals surface area (Å²) in [5.74, 6) is 2.12. The molecule has 16 heavy (non-hydrogen) atoms. The third-order valence-corrected chi connectivity index (χ3v) is 2.16. The van der Waals surface area contributed by atoms with E-state index in [1.807, 2.05) is 26.2 Å². The fraction of sp³-hybridized carbons (Fsp3) is 0.300. The quantitative estimate of drug-likeness (QED) is 0.812. The van der Waals surface area contributed by atoms with Crippen molar-refractivity contribution in [2.75, 3.05) is 17.7 Å². The first-order chi connectivity index (χ1) is 7.69. The van der Waals surface area contributed by atoms with Crippen LogP contribution in [0.25, 0.3) is 0 Å². The van der Waals surface area contributed by atoms with Crippen molar-refractivity contribution in [2.45, 2.75) is 6.92 Å². The molecule has 0 saturated carbocycles. The molecule has 0 spiro atoms. The average molecular weight is 218 g/mol. The Morgan fingerprint density at radius 1 is 1.38 bits per heavy atom. The maximum atomic E-state index is 4.31. The van der Waals surface area contributed by atoms with Gasteiger partial charge in [0.15, 0.2) is 5.82 Å². The van der Waals surface area contributed by atoms with E-state index in [1.54, 1.807) is 17.9 Å². The second-order valence-corrected chi connectivity index (χ2v) is 3.47. The largest absolute Gasteiger partial charge is 0.357 e. The van der Waals surface area contributed by atoms with E-state index in [9.17, 15) is 0 Å². The first-order valence-corrected chi connectivity index (χ1v) is 4.97. The molecule has 0 aliphatic rings. The summed E-state index contributed by atoms with van der Waals surface area (Å²) in [4.78, 5) is 8.43. The van der Waals surface area contributed by atoms with Crippen LogP contribution in [0.4, 0.5) is 17.6 Å². The zero-order chi connectivity index (χ0) is 11.5. The lowest BCUT2D eigenvalue weighted by atomic mass is 10.3. The van der Waals surface area contributed by atoms with Crippen LogP contribution < -0.4 is 10.6 Å². The highest BCUT2D eigenvalue weighted by molar-refractivity contribution is 5.56. The Labute approximate surface area is 93.7 Å². The van der Waals surface area contributed by atoms with Gasteiger partial charge in [0, 0.05) is 38.1 Å². The Kier molecular flexibility index (Phi) is 2.72. The number of nitrogens with zero attached hydrogens (tertiary/aromatic N) is 4. The summed E-state index contributed by atoms with van der Waals surface area (Å²) >= 11 is 0. The van der Waals surface area contributed by atoms with Crippen molar-refractivity contribution in [1.29, 1.82) is 0 Å². The van der Waals surface area contributed by atoms with Gasteiger partial charge in [0.1, 0.15) is 5.82 Å². The molecule has 6 heteroatoms. The highest BCUT2D eigenvalue weighted by Gasteiger charge is 2.04. The second-order valence-electron chi connectivity index (χ2n) is 3.47. The number of hydrogen-bond acceptors (Lipinski definition) is 5. The Morgan fingerprint density at radius 2 is 2.19 bits per heavy atom. The number of rotatable bonds is 3. The highest BCUT2D eigenvalue weighted by atomic mass is 15.3. The van der Waals surface area contributed by atoms with Gasteiger partial charge >= 0.3 is 0 Å². The summed E-state index contributed by atoms with van der Waals surface area (Å²) in [6, 6.07) is 1.89. The van der Waals surface area contributed by atoms with E-state index in [1.165, 1.54) is 0 Å². The van der Waals surface area contributed by atoms with Gasteiger partial charge in [-0.25, -0.2) is 4.98 Å². The van der Waals surface area contributed by atoms with E-state index in [4.69, 9.17) is 0 Å². The predicted molar refractivity (Wildman–Crippen MR) is 62.8 cm³/mol. The van der Waals surface area contributed by atoms with Gasteiger partial charge in [0.25, 0.3) is 0 Å². The summed E-state index contributed by atoms with van der Waals surface area (Å²) in [7, 11) is 3.66. The van der Waals surface area contributed by atoms with Crippen LogP contribution in [-0.2, 0) is 7.05 Å². The van der Waals surface area contributed by atoms with E-state index in [0.717, 1.165) is 17.2 Å². The molecule has 84 valence electrons. The lowest BCUT2D eigenvalue weighted by molar-refractivity contribution is 0.771.